The molecule has 3 nitrogen and oxygen atoms in total. The van der Waals surface area contributed by atoms with Crippen LogP contribution in [0.3, 0.4) is 0 Å². The van der Waals surface area contributed by atoms with Crippen molar-refractivity contribution in [3.63, 3.8) is 0 Å². The van der Waals surface area contributed by atoms with Crippen molar-refractivity contribution >= 4 is 0 Å². The van der Waals surface area contributed by atoms with E-state index in [4.69, 9.17) is 4.74 Å². The Balaban J connectivity index is 1.87. The number of hydrogen-bond donors (Lipinski definition) is 1. The molecule has 1 aromatic carbocycles. The molecule has 1 aromatic heterocycles. The molecule has 0 fully saturated rings. The highest BCUT2D eigenvalue weighted by Gasteiger charge is 1.98. The summed E-state index contributed by atoms with van der Waals surface area (Å²) in [7, 11) is 0. The van der Waals surface area contributed by atoms with E-state index in [1.165, 1.54) is 12.3 Å². The largest absolute Gasteiger partial charge is 0.494 e. The highest BCUT2D eigenvalue weighted by Crippen LogP contribution is 2.13. The Labute approximate surface area is 112 Å². The summed E-state index contributed by atoms with van der Waals surface area (Å²) >= 11 is 0. The Morgan fingerprint density at radius 2 is 2.00 bits per heavy atom. The van der Waals surface area contributed by atoms with Crippen molar-refractivity contribution in [1.29, 1.82) is 0 Å². The fourth-order valence-electron chi connectivity index (χ4n) is 1.82. The van der Waals surface area contributed by atoms with Crippen LogP contribution in [-0.4, -0.2) is 11.6 Å². The van der Waals surface area contributed by atoms with E-state index in [-0.39, 0.29) is 5.82 Å². The normalized spacial score (nSPS) is 10.4. The summed E-state index contributed by atoms with van der Waals surface area (Å²) in [5.41, 5.74) is 1.97. The molecule has 100 valence electrons. The standard InChI is InChI=1S/C15H17FN2O/c1-2-19-15-5-3-4-12(7-15)8-17-9-13-6-14(16)11-18-10-13/h3-7,10-11,17H,2,8-9H2,1H3. The Morgan fingerprint density at radius 1 is 1.16 bits per heavy atom. The molecule has 0 bridgehead atoms. The fraction of sp³-hybridized carbons (Fsp3) is 0.267. The average Bonchev–Trinajstić information content (AvgIpc) is 2.40. The molecule has 0 atom stereocenters. The van der Waals surface area contributed by atoms with Gasteiger partial charge < -0.3 is 10.1 Å². The maximum Gasteiger partial charge on any atom is 0.141 e. The van der Waals surface area contributed by atoms with Crippen molar-refractivity contribution in [3.8, 4) is 5.75 Å². The number of pyridine rings is 1. The molecule has 1 N–H and O–H groups in total. The van der Waals surface area contributed by atoms with E-state index < -0.39 is 0 Å². The summed E-state index contributed by atoms with van der Waals surface area (Å²) in [6.07, 6.45) is 2.86. The lowest BCUT2D eigenvalue weighted by atomic mass is 10.2. The highest BCUT2D eigenvalue weighted by atomic mass is 19.1. The molecule has 0 spiro atoms. The van der Waals surface area contributed by atoms with E-state index in [0.29, 0.717) is 19.7 Å². The van der Waals surface area contributed by atoms with Crippen molar-refractivity contribution in [2.45, 2.75) is 20.0 Å². The number of rotatable bonds is 6. The smallest absolute Gasteiger partial charge is 0.141 e. The minimum Gasteiger partial charge on any atom is -0.494 e. The van der Waals surface area contributed by atoms with Crippen molar-refractivity contribution in [1.82, 2.24) is 10.3 Å². The first-order valence-electron chi connectivity index (χ1n) is 6.30. The van der Waals surface area contributed by atoms with Gasteiger partial charge in [-0.3, -0.25) is 4.98 Å². The van der Waals surface area contributed by atoms with E-state index in [0.717, 1.165) is 16.9 Å². The van der Waals surface area contributed by atoms with Crippen LogP contribution in [0.15, 0.2) is 42.7 Å². The topological polar surface area (TPSA) is 34.1 Å². The van der Waals surface area contributed by atoms with Gasteiger partial charge in [-0.05, 0) is 36.2 Å². The summed E-state index contributed by atoms with van der Waals surface area (Å²) in [6, 6.07) is 9.41. The van der Waals surface area contributed by atoms with Crippen molar-refractivity contribution in [2.75, 3.05) is 6.61 Å². The van der Waals surface area contributed by atoms with E-state index in [9.17, 15) is 4.39 Å². The lowest BCUT2D eigenvalue weighted by Crippen LogP contribution is -2.13. The Morgan fingerprint density at radius 3 is 2.79 bits per heavy atom. The Hall–Kier alpha value is -1.94. The van der Waals surface area contributed by atoms with Crippen LogP contribution in [0.5, 0.6) is 5.75 Å². The van der Waals surface area contributed by atoms with Crippen molar-refractivity contribution in [2.24, 2.45) is 0 Å². The molecule has 0 aliphatic heterocycles. The zero-order valence-electron chi connectivity index (χ0n) is 10.9. The molecule has 1 heterocycles. The third-order valence-electron chi connectivity index (χ3n) is 2.63. The molecule has 0 radical (unpaired) electrons. The molecular weight excluding hydrogens is 243 g/mol. The zero-order valence-corrected chi connectivity index (χ0v) is 10.9. The van der Waals surface area contributed by atoms with Gasteiger partial charge in [0, 0.05) is 19.3 Å². The van der Waals surface area contributed by atoms with Crippen molar-refractivity contribution < 1.29 is 9.13 Å². The number of nitrogens with zero attached hydrogens (tertiary/aromatic N) is 1. The average molecular weight is 260 g/mol. The van der Waals surface area contributed by atoms with Gasteiger partial charge >= 0.3 is 0 Å². The molecule has 0 aliphatic carbocycles. The number of hydrogen-bond acceptors (Lipinski definition) is 3. The van der Waals surface area contributed by atoms with E-state index in [1.807, 2.05) is 31.2 Å². The first-order valence-corrected chi connectivity index (χ1v) is 6.30. The quantitative estimate of drug-likeness (QED) is 0.867. The molecule has 2 rings (SSSR count). The van der Waals surface area contributed by atoms with Gasteiger partial charge in [-0.15, -0.1) is 0 Å². The lowest BCUT2D eigenvalue weighted by molar-refractivity contribution is 0.340. The van der Waals surface area contributed by atoms with Gasteiger partial charge in [-0.1, -0.05) is 12.1 Å². The minimum absolute atomic E-state index is 0.308. The predicted octanol–water partition coefficient (Wildman–Crippen LogP) is 2.91. The monoisotopic (exact) mass is 260 g/mol. The molecule has 0 saturated heterocycles. The molecule has 0 aliphatic rings. The Bertz CT molecular complexity index is 531. The van der Waals surface area contributed by atoms with Gasteiger partial charge in [-0.25, -0.2) is 4.39 Å². The van der Waals surface area contributed by atoms with Gasteiger partial charge in [-0.2, -0.15) is 0 Å². The summed E-state index contributed by atoms with van der Waals surface area (Å²) < 4.78 is 18.4. The second kappa shape index (κ2) is 6.85. The number of benzene rings is 1. The molecule has 4 heteroatoms. The van der Waals surface area contributed by atoms with Crippen molar-refractivity contribution in [3.05, 3.63) is 59.7 Å². The third kappa shape index (κ3) is 4.34. The van der Waals surface area contributed by atoms with Crippen LogP contribution in [0.2, 0.25) is 0 Å². The first kappa shape index (κ1) is 13.5. The van der Waals surface area contributed by atoms with E-state index in [2.05, 4.69) is 10.3 Å². The SMILES string of the molecule is CCOc1cccc(CNCc2cncc(F)c2)c1. The maximum atomic E-state index is 12.9. The maximum absolute atomic E-state index is 12.9. The van der Waals surface area contributed by atoms with E-state index in [1.54, 1.807) is 6.20 Å². The number of halogens is 1. The number of nitrogens with one attached hydrogen (secondary N) is 1. The lowest BCUT2D eigenvalue weighted by Gasteiger charge is -2.07. The molecular formula is C15H17FN2O. The number of ether oxygens (including phenoxy) is 1. The fourth-order valence-corrected chi connectivity index (χ4v) is 1.82. The van der Waals surface area contributed by atoms with Gasteiger partial charge in [0.25, 0.3) is 0 Å². The molecule has 0 unspecified atom stereocenters. The third-order valence-corrected chi connectivity index (χ3v) is 2.63. The Kier molecular flexibility index (Phi) is 4.86. The van der Waals surface area contributed by atoms with Gasteiger partial charge in [0.15, 0.2) is 0 Å². The molecule has 0 amide bonds. The van der Waals surface area contributed by atoms with Crippen LogP contribution in [0.1, 0.15) is 18.1 Å². The first-order chi connectivity index (χ1) is 9.28. The van der Waals surface area contributed by atoms with Crippen LogP contribution in [0.4, 0.5) is 4.39 Å². The van der Waals surface area contributed by atoms with Gasteiger partial charge in [0.05, 0.1) is 12.8 Å². The molecule has 19 heavy (non-hydrogen) atoms. The molecule has 2 aromatic rings. The van der Waals surface area contributed by atoms with E-state index >= 15 is 0 Å². The van der Waals surface area contributed by atoms with Crippen LogP contribution in [0.25, 0.3) is 0 Å². The zero-order chi connectivity index (χ0) is 13.5. The van der Waals surface area contributed by atoms with Gasteiger partial charge in [0.1, 0.15) is 11.6 Å². The minimum atomic E-state index is -0.308. The van der Waals surface area contributed by atoms with Crippen LogP contribution in [0, 0.1) is 5.82 Å². The second-order valence-electron chi connectivity index (χ2n) is 4.20. The van der Waals surface area contributed by atoms with Crippen LogP contribution in [-0.2, 0) is 13.1 Å². The molecule has 0 saturated carbocycles. The number of aromatic nitrogens is 1. The second-order valence-corrected chi connectivity index (χ2v) is 4.20. The summed E-state index contributed by atoms with van der Waals surface area (Å²) in [6.45, 7) is 3.91. The van der Waals surface area contributed by atoms with Crippen LogP contribution >= 0.6 is 0 Å². The predicted molar refractivity (Wildman–Crippen MR) is 72.3 cm³/mol. The highest BCUT2D eigenvalue weighted by molar-refractivity contribution is 5.28. The summed E-state index contributed by atoms with van der Waals surface area (Å²) in [5.74, 6) is 0.562. The summed E-state index contributed by atoms with van der Waals surface area (Å²) in [5, 5.41) is 3.25. The summed E-state index contributed by atoms with van der Waals surface area (Å²) in [4.78, 5) is 3.81. The van der Waals surface area contributed by atoms with Crippen LogP contribution < -0.4 is 10.1 Å². The van der Waals surface area contributed by atoms with Gasteiger partial charge in [0.2, 0.25) is 0 Å².